The summed E-state index contributed by atoms with van der Waals surface area (Å²) in [5.74, 6) is 1.03. The van der Waals surface area contributed by atoms with Gasteiger partial charge in [-0.1, -0.05) is 13.8 Å². The minimum absolute atomic E-state index is 0.0408. The van der Waals surface area contributed by atoms with E-state index >= 15 is 0 Å². The number of carboxylic acids is 1. The van der Waals surface area contributed by atoms with E-state index in [9.17, 15) is 9.59 Å². The Labute approximate surface area is 133 Å². The van der Waals surface area contributed by atoms with Gasteiger partial charge in [-0.3, -0.25) is 4.79 Å². The van der Waals surface area contributed by atoms with Crippen LogP contribution in [0.2, 0.25) is 0 Å². The third-order valence-electron chi connectivity index (χ3n) is 2.83. The van der Waals surface area contributed by atoms with E-state index in [0.717, 1.165) is 23.5 Å². The van der Waals surface area contributed by atoms with Crippen LogP contribution in [0.25, 0.3) is 0 Å². The Morgan fingerprint density at radius 2 is 2.05 bits per heavy atom. The summed E-state index contributed by atoms with van der Waals surface area (Å²) < 4.78 is 0. The highest BCUT2D eigenvalue weighted by molar-refractivity contribution is 7.99. The van der Waals surface area contributed by atoms with Crippen molar-refractivity contribution < 1.29 is 14.7 Å². The van der Waals surface area contributed by atoms with Crippen LogP contribution in [0.5, 0.6) is 0 Å². The second kappa shape index (κ2) is 8.38. The summed E-state index contributed by atoms with van der Waals surface area (Å²) in [4.78, 5) is 27.3. The van der Waals surface area contributed by atoms with Gasteiger partial charge in [0.15, 0.2) is 0 Å². The van der Waals surface area contributed by atoms with Crippen LogP contribution in [0.1, 0.15) is 53.6 Å². The van der Waals surface area contributed by atoms with Crippen molar-refractivity contribution in [3.8, 4) is 0 Å². The molecule has 1 amide bonds. The number of aryl methyl sites for hydroxylation is 1. The second-order valence-corrected chi connectivity index (χ2v) is 7.43. The van der Waals surface area contributed by atoms with Gasteiger partial charge in [0.2, 0.25) is 5.91 Å². The van der Waals surface area contributed by atoms with Crippen molar-refractivity contribution in [1.29, 1.82) is 0 Å². The average Bonchev–Trinajstić information content (AvgIpc) is 2.77. The Balaban J connectivity index is 2.45. The number of hydrogen-bond acceptors (Lipinski definition) is 5. The molecule has 0 radical (unpaired) electrons. The quantitative estimate of drug-likeness (QED) is 0.716. The van der Waals surface area contributed by atoms with Crippen molar-refractivity contribution in [2.24, 2.45) is 5.92 Å². The monoisotopic (exact) mass is 330 g/mol. The SMILES string of the molecule is Cc1nc(C(C)NC(=O)CSCCC(C)C)sc1C(=O)O. The van der Waals surface area contributed by atoms with E-state index in [-0.39, 0.29) is 16.8 Å². The minimum Gasteiger partial charge on any atom is -0.477 e. The molecule has 0 saturated heterocycles. The normalized spacial score (nSPS) is 12.4. The lowest BCUT2D eigenvalue weighted by Crippen LogP contribution is -2.28. The maximum absolute atomic E-state index is 11.8. The van der Waals surface area contributed by atoms with Gasteiger partial charge in [0.1, 0.15) is 9.88 Å². The van der Waals surface area contributed by atoms with Crippen LogP contribution in [0.15, 0.2) is 0 Å². The van der Waals surface area contributed by atoms with Crippen LogP contribution in [0.4, 0.5) is 0 Å². The molecule has 21 heavy (non-hydrogen) atoms. The van der Waals surface area contributed by atoms with E-state index in [4.69, 9.17) is 5.11 Å². The van der Waals surface area contributed by atoms with Gasteiger partial charge in [0, 0.05) is 0 Å². The Morgan fingerprint density at radius 1 is 1.38 bits per heavy atom. The Morgan fingerprint density at radius 3 is 2.57 bits per heavy atom. The number of amides is 1. The summed E-state index contributed by atoms with van der Waals surface area (Å²) >= 11 is 2.73. The number of nitrogens with one attached hydrogen (secondary N) is 1. The fraction of sp³-hybridized carbons (Fsp3) is 0.643. The zero-order chi connectivity index (χ0) is 16.0. The molecule has 0 saturated carbocycles. The molecule has 1 heterocycles. The molecule has 0 aromatic carbocycles. The van der Waals surface area contributed by atoms with Gasteiger partial charge in [-0.15, -0.1) is 11.3 Å². The zero-order valence-corrected chi connectivity index (χ0v) is 14.4. The summed E-state index contributed by atoms with van der Waals surface area (Å²) in [5.41, 5.74) is 0.495. The van der Waals surface area contributed by atoms with Crippen LogP contribution in [0.3, 0.4) is 0 Å². The molecule has 0 spiro atoms. The van der Waals surface area contributed by atoms with Gasteiger partial charge in [0.25, 0.3) is 0 Å². The van der Waals surface area contributed by atoms with Crippen LogP contribution in [-0.2, 0) is 4.79 Å². The van der Waals surface area contributed by atoms with E-state index in [0.29, 0.717) is 22.4 Å². The highest BCUT2D eigenvalue weighted by Gasteiger charge is 2.19. The lowest BCUT2D eigenvalue weighted by molar-refractivity contribution is -0.119. The Kier molecular flexibility index (Phi) is 7.17. The van der Waals surface area contributed by atoms with Crippen molar-refractivity contribution in [2.45, 2.75) is 40.2 Å². The fourth-order valence-electron chi connectivity index (χ4n) is 1.63. The van der Waals surface area contributed by atoms with Crippen LogP contribution >= 0.6 is 23.1 Å². The molecule has 1 atom stereocenters. The molecule has 1 aromatic heterocycles. The number of rotatable bonds is 8. The summed E-state index contributed by atoms with van der Waals surface area (Å²) in [6.07, 6.45) is 1.10. The first-order valence-corrected chi connectivity index (χ1v) is 8.86. The predicted molar refractivity (Wildman–Crippen MR) is 87.1 cm³/mol. The van der Waals surface area contributed by atoms with E-state index in [1.54, 1.807) is 18.7 Å². The molecule has 2 N–H and O–H groups in total. The topological polar surface area (TPSA) is 79.3 Å². The van der Waals surface area contributed by atoms with E-state index in [2.05, 4.69) is 24.1 Å². The summed E-state index contributed by atoms with van der Waals surface area (Å²) in [7, 11) is 0. The molecular weight excluding hydrogens is 308 g/mol. The molecule has 0 fully saturated rings. The maximum atomic E-state index is 11.8. The summed E-state index contributed by atoms with van der Waals surface area (Å²) in [6, 6.07) is -0.264. The van der Waals surface area contributed by atoms with Crippen molar-refractivity contribution in [2.75, 3.05) is 11.5 Å². The van der Waals surface area contributed by atoms with Crippen molar-refractivity contribution in [1.82, 2.24) is 10.3 Å². The summed E-state index contributed by atoms with van der Waals surface area (Å²) in [5, 5.41) is 12.5. The molecule has 0 aliphatic rings. The molecule has 1 aromatic rings. The highest BCUT2D eigenvalue weighted by Crippen LogP contribution is 2.23. The zero-order valence-electron chi connectivity index (χ0n) is 12.8. The first kappa shape index (κ1) is 18.0. The maximum Gasteiger partial charge on any atom is 0.347 e. The molecule has 5 nitrogen and oxygen atoms in total. The number of thioether (sulfide) groups is 1. The first-order chi connectivity index (χ1) is 9.81. The largest absolute Gasteiger partial charge is 0.477 e. The van der Waals surface area contributed by atoms with Gasteiger partial charge in [0.05, 0.1) is 17.5 Å². The van der Waals surface area contributed by atoms with Gasteiger partial charge in [-0.05, 0) is 31.9 Å². The van der Waals surface area contributed by atoms with Crippen LogP contribution in [-0.4, -0.2) is 33.5 Å². The van der Waals surface area contributed by atoms with Gasteiger partial charge < -0.3 is 10.4 Å². The smallest absolute Gasteiger partial charge is 0.347 e. The molecule has 0 aliphatic carbocycles. The minimum atomic E-state index is -0.973. The Hall–Kier alpha value is -1.08. The number of carboxylic acid groups (broad SMARTS) is 1. The highest BCUT2D eigenvalue weighted by atomic mass is 32.2. The predicted octanol–water partition coefficient (Wildman–Crippen LogP) is 3.11. The third kappa shape index (κ3) is 6.05. The number of hydrogen-bond donors (Lipinski definition) is 2. The lowest BCUT2D eigenvalue weighted by atomic mass is 10.2. The van der Waals surface area contributed by atoms with Crippen molar-refractivity contribution >= 4 is 35.0 Å². The number of carbonyl (C=O) groups is 2. The Bertz CT molecular complexity index is 500. The van der Waals surface area contributed by atoms with E-state index < -0.39 is 5.97 Å². The molecule has 0 aliphatic heterocycles. The van der Waals surface area contributed by atoms with Gasteiger partial charge in [-0.25, -0.2) is 9.78 Å². The molecule has 118 valence electrons. The molecular formula is C14H22N2O3S2. The van der Waals surface area contributed by atoms with Crippen molar-refractivity contribution in [3.05, 3.63) is 15.6 Å². The lowest BCUT2D eigenvalue weighted by Gasteiger charge is -2.11. The number of aromatic nitrogens is 1. The van der Waals surface area contributed by atoms with Crippen LogP contribution in [0, 0.1) is 12.8 Å². The van der Waals surface area contributed by atoms with Crippen LogP contribution < -0.4 is 5.32 Å². The molecule has 1 unspecified atom stereocenters. The molecule has 0 bridgehead atoms. The fourth-order valence-corrected chi connectivity index (χ4v) is 3.59. The number of thiazole rings is 1. The van der Waals surface area contributed by atoms with Gasteiger partial charge in [-0.2, -0.15) is 11.8 Å². The molecule has 1 rings (SSSR count). The second-order valence-electron chi connectivity index (χ2n) is 5.30. The third-order valence-corrected chi connectivity index (χ3v) is 5.15. The first-order valence-electron chi connectivity index (χ1n) is 6.89. The van der Waals surface area contributed by atoms with Gasteiger partial charge >= 0.3 is 5.97 Å². The van der Waals surface area contributed by atoms with E-state index in [1.165, 1.54) is 0 Å². The van der Waals surface area contributed by atoms with E-state index in [1.807, 2.05) is 6.92 Å². The number of aromatic carboxylic acids is 1. The summed E-state index contributed by atoms with van der Waals surface area (Å²) in [6.45, 7) is 7.81. The average molecular weight is 330 g/mol. The molecule has 7 heteroatoms. The number of nitrogens with zero attached hydrogens (tertiary/aromatic N) is 1. The van der Waals surface area contributed by atoms with Crippen molar-refractivity contribution in [3.63, 3.8) is 0 Å². The standard InChI is InChI=1S/C14H22N2O3S2/c1-8(2)5-6-20-7-11(17)15-10(4)13-16-9(3)12(21-13)14(18)19/h8,10H,5-7H2,1-4H3,(H,15,17)(H,18,19). The number of carbonyl (C=O) groups excluding carboxylic acids is 1.